The standard InChI is InChI=1S/C31H42N8O3/c1-21-16-33-25(14-23-6-8-24(9-7-23)35-22(2)17-42-18-29-37-30(40)39-38-29)15-26(21)27-4-3-5-28(36-27)34-20-31(19-32)10-12-41-13-11-31/h3-5,15-16,22-24,35H,6-14,17-18,20H2,1-2H3,(H,34,36)(H2,37,38,39,40)/t22-,23?,24?/m0/s1. The largest absolute Gasteiger partial charge is 0.381 e. The third-order valence-electron chi connectivity index (χ3n) is 8.50. The number of anilines is 1. The van der Waals surface area contributed by atoms with Crippen LogP contribution in [-0.4, -0.2) is 63.6 Å². The van der Waals surface area contributed by atoms with Crippen LogP contribution in [0.15, 0.2) is 35.3 Å². The Balaban J connectivity index is 1.11. The second kappa shape index (κ2) is 14.1. The van der Waals surface area contributed by atoms with E-state index >= 15 is 0 Å². The molecule has 1 aliphatic heterocycles. The fraction of sp³-hybridized carbons (Fsp3) is 0.581. The molecule has 2 aliphatic rings. The Morgan fingerprint density at radius 2 is 2.05 bits per heavy atom. The second-order valence-electron chi connectivity index (χ2n) is 11.9. The molecule has 0 aromatic carbocycles. The van der Waals surface area contributed by atoms with Gasteiger partial charge in [-0.3, -0.25) is 9.97 Å². The summed E-state index contributed by atoms with van der Waals surface area (Å²) < 4.78 is 11.2. The number of aromatic amines is 2. The van der Waals surface area contributed by atoms with Gasteiger partial charge in [0.2, 0.25) is 0 Å². The van der Waals surface area contributed by atoms with Crippen molar-refractivity contribution in [1.29, 1.82) is 5.26 Å². The molecule has 1 atom stereocenters. The number of aryl methyl sites for hydroxylation is 1. The van der Waals surface area contributed by atoms with Crippen LogP contribution in [-0.2, 0) is 22.5 Å². The first-order valence-corrected chi connectivity index (χ1v) is 15.0. The van der Waals surface area contributed by atoms with Crippen molar-refractivity contribution >= 4 is 5.82 Å². The third-order valence-corrected chi connectivity index (χ3v) is 8.50. The third kappa shape index (κ3) is 8.03. The summed E-state index contributed by atoms with van der Waals surface area (Å²) in [5.41, 5.74) is 3.51. The number of ether oxygens (including phenoxy) is 2. The van der Waals surface area contributed by atoms with Crippen LogP contribution in [0, 0.1) is 29.6 Å². The van der Waals surface area contributed by atoms with Gasteiger partial charge in [-0.2, -0.15) is 10.4 Å². The summed E-state index contributed by atoms with van der Waals surface area (Å²) in [6.45, 7) is 6.89. The van der Waals surface area contributed by atoms with E-state index in [2.05, 4.69) is 51.8 Å². The highest BCUT2D eigenvalue weighted by Crippen LogP contribution is 2.31. The summed E-state index contributed by atoms with van der Waals surface area (Å²) >= 11 is 0. The smallest absolute Gasteiger partial charge is 0.340 e. The van der Waals surface area contributed by atoms with E-state index in [4.69, 9.17) is 19.4 Å². The Bertz CT molecular complexity index is 1400. The number of nitriles is 1. The van der Waals surface area contributed by atoms with Gasteiger partial charge in [-0.05, 0) is 88.5 Å². The fourth-order valence-electron chi connectivity index (χ4n) is 5.97. The molecule has 4 N–H and O–H groups in total. The highest BCUT2D eigenvalue weighted by Gasteiger charge is 2.32. The van der Waals surface area contributed by atoms with E-state index in [1.807, 2.05) is 24.4 Å². The average molecular weight is 575 g/mol. The molecule has 0 unspecified atom stereocenters. The highest BCUT2D eigenvalue weighted by molar-refractivity contribution is 5.65. The Hall–Kier alpha value is -3.59. The van der Waals surface area contributed by atoms with Crippen molar-refractivity contribution in [3.05, 3.63) is 58.0 Å². The molecule has 5 rings (SSSR count). The molecule has 11 nitrogen and oxygen atoms in total. The molecular formula is C31H42N8O3. The van der Waals surface area contributed by atoms with E-state index in [1.165, 1.54) is 0 Å². The SMILES string of the molecule is Cc1cnc(CC2CCC(N[C@@H](C)COCc3n[nH]c(=O)[nH]3)CC2)cc1-c1cccc(NCC2(C#N)CCOCC2)n1. The van der Waals surface area contributed by atoms with Gasteiger partial charge >= 0.3 is 5.69 Å². The normalized spacial score (nSPS) is 21.0. The predicted octanol–water partition coefficient (Wildman–Crippen LogP) is 3.89. The zero-order valence-electron chi connectivity index (χ0n) is 24.6. The van der Waals surface area contributed by atoms with Crippen LogP contribution in [0.2, 0.25) is 0 Å². The summed E-state index contributed by atoms with van der Waals surface area (Å²) in [4.78, 5) is 23.4. The summed E-state index contributed by atoms with van der Waals surface area (Å²) in [6.07, 6.45) is 8.99. The van der Waals surface area contributed by atoms with E-state index < -0.39 is 5.41 Å². The molecule has 0 spiro atoms. The van der Waals surface area contributed by atoms with Crippen molar-refractivity contribution in [2.75, 3.05) is 31.7 Å². The lowest BCUT2D eigenvalue weighted by atomic mass is 9.82. The number of H-pyrrole nitrogens is 2. The number of nitrogens with one attached hydrogen (secondary N) is 4. The van der Waals surface area contributed by atoms with Crippen LogP contribution in [0.4, 0.5) is 5.82 Å². The number of aromatic nitrogens is 5. The van der Waals surface area contributed by atoms with Crippen molar-refractivity contribution in [2.24, 2.45) is 11.3 Å². The van der Waals surface area contributed by atoms with E-state index in [0.717, 1.165) is 73.3 Å². The van der Waals surface area contributed by atoms with Gasteiger partial charge in [-0.25, -0.2) is 14.9 Å². The molecule has 0 bridgehead atoms. The van der Waals surface area contributed by atoms with Crippen molar-refractivity contribution in [2.45, 2.75) is 77.5 Å². The van der Waals surface area contributed by atoms with Crippen LogP contribution in [0.25, 0.3) is 11.3 Å². The van der Waals surface area contributed by atoms with Crippen molar-refractivity contribution in [3.63, 3.8) is 0 Å². The highest BCUT2D eigenvalue weighted by atomic mass is 16.5. The monoisotopic (exact) mass is 574 g/mol. The fourth-order valence-corrected chi connectivity index (χ4v) is 5.97. The molecule has 1 saturated heterocycles. The molecule has 11 heteroatoms. The van der Waals surface area contributed by atoms with Crippen molar-refractivity contribution < 1.29 is 9.47 Å². The minimum Gasteiger partial charge on any atom is -0.381 e. The first kappa shape index (κ1) is 29.9. The van der Waals surface area contributed by atoms with Gasteiger partial charge in [-0.15, -0.1) is 0 Å². The Kier molecular flexibility index (Phi) is 10.00. The van der Waals surface area contributed by atoms with Crippen LogP contribution < -0.4 is 16.3 Å². The number of nitrogens with zero attached hydrogens (tertiary/aromatic N) is 4. The summed E-state index contributed by atoms with van der Waals surface area (Å²) in [6, 6.07) is 11.4. The van der Waals surface area contributed by atoms with Crippen LogP contribution >= 0.6 is 0 Å². The van der Waals surface area contributed by atoms with Gasteiger partial charge in [0.1, 0.15) is 12.4 Å². The lowest BCUT2D eigenvalue weighted by molar-refractivity contribution is 0.0455. The molecule has 1 aliphatic carbocycles. The molecule has 42 heavy (non-hydrogen) atoms. The first-order valence-electron chi connectivity index (χ1n) is 15.0. The summed E-state index contributed by atoms with van der Waals surface area (Å²) in [7, 11) is 0. The molecule has 224 valence electrons. The van der Waals surface area contributed by atoms with Crippen LogP contribution in [0.1, 0.15) is 62.5 Å². The first-order chi connectivity index (χ1) is 20.4. The lowest BCUT2D eigenvalue weighted by Gasteiger charge is -2.31. The lowest BCUT2D eigenvalue weighted by Crippen LogP contribution is -2.41. The van der Waals surface area contributed by atoms with Crippen molar-refractivity contribution in [3.8, 4) is 17.3 Å². The Labute approximate surface area is 246 Å². The maximum absolute atomic E-state index is 11.1. The van der Waals surface area contributed by atoms with Gasteiger partial charge in [0, 0.05) is 49.3 Å². The number of hydrogen-bond donors (Lipinski definition) is 4. The topological polar surface area (TPSA) is 154 Å². The quantitative estimate of drug-likeness (QED) is 0.252. The van der Waals surface area contributed by atoms with Gasteiger partial charge in [0.15, 0.2) is 5.82 Å². The van der Waals surface area contributed by atoms with E-state index in [1.54, 1.807) is 0 Å². The average Bonchev–Trinajstić information content (AvgIpc) is 3.43. The molecule has 3 aromatic heterocycles. The van der Waals surface area contributed by atoms with E-state index in [9.17, 15) is 10.1 Å². The molecule has 4 heterocycles. The van der Waals surface area contributed by atoms with Crippen LogP contribution in [0.5, 0.6) is 0 Å². The number of pyridine rings is 2. The molecular weight excluding hydrogens is 532 g/mol. The molecule has 2 fully saturated rings. The number of rotatable bonds is 12. The zero-order valence-corrected chi connectivity index (χ0v) is 24.6. The zero-order chi connectivity index (χ0) is 29.4. The van der Waals surface area contributed by atoms with Crippen molar-refractivity contribution in [1.82, 2.24) is 30.5 Å². The minimum absolute atomic E-state index is 0.221. The Morgan fingerprint density at radius 3 is 2.79 bits per heavy atom. The van der Waals surface area contributed by atoms with Gasteiger partial charge in [0.05, 0.1) is 23.8 Å². The van der Waals surface area contributed by atoms with Gasteiger partial charge in [-0.1, -0.05) is 6.07 Å². The summed E-state index contributed by atoms with van der Waals surface area (Å²) in [5.74, 6) is 1.91. The maximum atomic E-state index is 11.1. The maximum Gasteiger partial charge on any atom is 0.340 e. The predicted molar refractivity (Wildman–Crippen MR) is 160 cm³/mol. The Morgan fingerprint density at radius 1 is 1.24 bits per heavy atom. The van der Waals surface area contributed by atoms with E-state index in [-0.39, 0.29) is 18.3 Å². The summed E-state index contributed by atoms with van der Waals surface area (Å²) in [5, 5.41) is 23.1. The van der Waals surface area contributed by atoms with Crippen LogP contribution in [0.3, 0.4) is 0 Å². The minimum atomic E-state index is -0.404. The molecule has 0 amide bonds. The number of hydrogen-bond acceptors (Lipinski definition) is 9. The molecule has 1 saturated carbocycles. The van der Waals surface area contributed by atoms with E-state index in [0.29, 0.717) is 44.1 Å². The molecule has 3 aromatic rings. The second-order valence-corrected chi connectivity index (χ2v) is 11.9. The molecule has 0 radical (unpaired) electrons. The van der Waals surface area contributed by atoms with Gasteiger partial charge < -0.3 is 20.1 Å². The van der Waals surface area contributed by atoms with Gasteiger partial charge in [0.25, 0.3) is 0 Å².